The topological polar surface area (TPSA) is 84.0 Å². The quantitative estimate of drug-likeness (QED) is 0.623. The van der Waals surface area contributed by atoms with E-state index in [0.29, 0.717) is 18.7 Å². The van der Waals surface area contributed by atoms with Gasteiger partial charge in [0.25, 0.3) is 5.91 Å². The van der Waals surface area contributed by atoms with E-state index in [4.69, 9.17) is 4.74 Å². The number of fused-ring (bicyclic) bond motifs is 1. The Morgan fingerprint density at radius 2 is 1.79 bits per heavy atom. The molecule has 7 nitrogen and oxygen atoms in total. The van der Waals surface area contributed by atoms with Crippen molar-refractivity contribution in [3.05, 3.63) is 59.2 Å². The Morgan fingerprint density at radius 3 is 2.55 bits per heavy atom. The molecule has 0 radical (unpaired) electrons. The van der Waals surface area contributed by atoms with Gasteiger partial charge in [-0.15, -0.1) is 0 Å². The van der Waals surface area contributed by atoms with Crippen LogP contribution in [-0.2, 0) is 26.0 Å². The van der Waals surface area contributed by atoms with Crippen LogP contribution in [-0.4, -0.2) is 50.3 Å². The fourth-order valence-electron chi connectivity index (χ4n) is 4.58. The first-order valence-electron chi connectivity index (χ1n) is 11.5. The summed E-state index contributed by atoms with van der Waals surface area (Å²) >= 11 is 0. The molecule has 1 saturated heterocycles. The predicted molar refractivity (Wildman–Crippen MR) is 126 cm³/mol. The summed E-state index contributed by atoms with van der Waals surface area (Å²) in [5.41, 5.74) is 2.71. The van der Waals surface area contributed by atoms with Crippen molar-refractivity contribution in [1.29, 1.82) is 0 Å². The molecule has 0 N–H and O–H groups in total. The van der Waals surface area contributed by atoms with Gasteiger partial charge in [-0.1, -0.05) is 30.7 Å². The lowest BCUT2D eigenvalue weighted by atomic mass is 9.96. The number of esters is 1. The second-order valence-electron chi connectivity index (χ2n) is 8.80. The van der Waals surface area contributed by atoms with E-state index in [1.165, 1.54) is 16.4 Å². The number of sulfonamides is 1. The van der Waals surface area contributed by atoms with Crippen LogP contribution in [0.3, 0.4) is 0 Å². The summed E-state index contributed by atoms with van der Waals surface area (Å²) in [6.45, 7) is 4.27. The second-order valence-corrected chi connectivity index (χ2v) is 10.7. The van der Waals surface area contributed by atoms with Crippen molar-refractivity contribution in [3.63, 3.8) is 0 Å². The first kappa shape index (κ1) is 23.4. The molecule has 0 spiro atoms. The number of piperidine rings is 1. The van der Waals surface area contributed by atoms with Crippen LogP contribution in [0.25, 0.3) is 0 Å². The minimum absolute atomic E-state index is 0.00542. The number of aryl methyl sites for hydroxylation is 2. The molecule has 1 atom stereocenters. The summed E-state index contributed by atoms with van der Waals surface area (Å²) < 4.78 is 32.9. The van der Waals surface area contributed by atoms with Crippen LogP contribution in [0.15, 0.2) is 47.4 Å². The number of carbonyl (C=O) groups excluding carboxylic acids is 2. The Balaban J connectivity index is 1.49. The number of carbonyl (C=O) groups is 2. The van der Waals surface area contributed by atoms with E-state index < -0.39 is 22.6 Å². The highest BCUT2D eigenvalue weighted by atomic mass is 32.2. The summed E-state index contributed by atoms with van der Waals surface area (Å²) in [5.74, 6) is -0.993. The standard InChI is InChI=1S/C25H30N2O5S/c1-18-10-13-21(33(30,31)26-14-6-3-7-15-26)16-22(18)25(29)32-17-24(28)27-19(2)11-12-20-8-4-5-9-23(20)27/h4-5,8-10,13,16,19H,3,6-7,11-12,14-15,17H2,1-2H3. The van der Waals surface area contributed by atoms with Gasteiger partial charge in [-0.2, -0.15) is 4.31 Å². The number of rotatable bonds is 5. The average molecular weight is 471 g/mol. The Kier molecular flexibility index (Phi) is 6.86. The van der Waals surface area contributed by atoms with Crippen molar-refractivity contribution < 1.29 is 22.7 Å². The maximum absolute atomic E-state index is 13.0. The largest absolute Gasteiger partial charge is 0.452 e. The molecule has 2 aliphatic heterocycles. The number of hydrogen-bond donors (Lipinski definition) is 0. The zero-order valence-electron chi connectivity index (χ0n) is 19.1. The summed E-state index contributed by atoms with van der Waals surface area (Å²) in [5, 5.41) is 0. The van der Waals surface area contributed by atoms with Crippen molar-refractivity contribution in [2.24, 2.45) is 0 Å². The van der Waals surface area contributed by atoms with E-state index in [1.54, 1.807) is 17.9 Å². The first-order chi connectivity index (χ1) is 15.8. The van der Waals surface area contributed by atoms with Gasteiger partial charge >= 0.3 is 5.97 Å². The molecular formula is C25H30N2O5S. The van der Waals surface area contributed by atoms with Gasteiger partial charge in [0, 0.05) is 24.8 Å². The van der Waals surface area contributed by atoms with Gasteiger partial charge in [0.1, 0.15) is 0 Å². The van der Waals surface area contributed by atoms with Crippen LogP contribution in [0.4, 0.5) is 5.69 Å². The normalized spacial score (nSPS) is 19.1. The molecule has 176 valence electrons. The van der Waals surface area contributed by atoms with Crippen LogP contribution in [0.5, 0.6) is 0 Å². The smallest absolute Gasteiger partial charge is 0.338 e. The van der Waals surface area contributed by atoms with Gasteiger partial charge < -0.3 is 9.64 Å². The summed E-state index contributed by atoms with van der Waals surface area (Å²) in [6, 6.07) is 12.3. The minimum Gasteiger partial charge on any atom is -0.452 e. The van der Waals surface area contributed by atoms with Crippen LogP contribution < -0.4 is 4.90 Å². The number of nitrogens with zero attached hydrogens (tertiary/aromatic N) is 2. The Hall–Kier alpha value is -2.71. The summed E-state index contributed by atoms with van der Waals surface area (Å²) in [4.78, 5) is 27.6. The highest BCUT2D eigenvalue weighted by Crippen LogP contribution is 2.30. The van der Waals surface area contributed by atoms with Crippen molar-refractivity contribution >= 4 is 27.6 Å². The first-order valence-corrected chi connectivity index (χ1v) is 12.9. The molecule has 0 bridgehead atoms. The van der Waals surface area contributed by atoms with Gasteiger partial charge in [-0.05, 0) is 68.9 Å². The molecule has 2 aromatic rings. The van der Waals surface area contributed by atoms with Crippen LogP contribution in [0.2, 0.25) is 0 Å². The van der Waals surface area contributed by atoms with Crippen LogP contribution in [0, 0.1) is 6.92 Å². The van der Waals surface area contributed by atoms with E-state index in [0.717, 1.165) is 43.4 Å². The average Bonchev–Trinajstić information content (AvgIpc) is 2.83. The van der Waals surface area contributed by atoms with Gasteiger partial charge in [0.15, 0.2) is 6.61 Å². The van der Waals surface area contributed by atoms with Gasteiger partial charge in [-0.25, -0.2) is 13.2 Å². The molecule has 2 heterocycles. The van der Waals surface area contributed by atoms with Crippen molar-refractivity contribution in [2.75, 3.05) is 24.6 Å². The van der Waals surface area contributed by atoms with Crippen LogP contribution in [0.1, 0.15) is 54.1 Å². The molecule has 4 rings (SSSR count). The van der Waals surface area contributed by atoms with E-state index in [2.05, 4.69) is 0 Å². The number of benzene rings is 2. The molecule has 1 amide bonds. The van der Waals surface area contributed by atoms with Crippen molar-refractivity contribution in [1.82, 2.24) is 4.31 Å². The third-order valence-corrected chi connectivity index (χ3v) is 8.40. The molecule has 1 fully saturated rings. The van der Waals surface area contributed by atoms with Crippen LogP contribution >= 0.6 is 0 Å². The van der Waals surface area contributed by atoms with E-state index >= 15 is 0 Å². The highest BCUT2D eigenvalue weighted by molar-refractivity contribution is 7.89. The molecule has 33 heavy (non-hydrogen) atoms. The summed E-state index contributed by atoms with van der Waals surface area (Å²) in [7, 11) is -3.67. The lowest BCUT2D eigenvalue weighted by Crippen LogP contribution is -2.44. The number of ether oxygens (including phenoxy) is 1. The number of amides is 1. The fourth-order valence-corrected chi connectivity index (χ4v) is 6.12. The molecule has 0 aromatic heterocycles. The fraction of sp³-hybridized carbons (Fsp3) is 0.440. The molecule has 0 saturated carbocycles. The minimum atomic E-state index is -3.67. The summed E-state index contributed by atoms with van der Waals surface area (Å²) in [6.07, 6.45) is 4.43. The maximum atomic E-state index is 13.0. The molecular weight excluding hydrogens is 440 g/mol. The molecule has 2 aromatic carbocycles. The van der Waals surface area contributed by atoms with Gasteiger partial charge in [0.2, 0.25) is 10.0 Å². The molecule has 8 heteroatoms. The Labute approximate surface area is 195 Å². The third kappa shape index (κ3) is 4.82. The van der Waals surface area contributed by atoms with Crippen molar-refractivity contribution in [2.45, 2.75) is 56.9 Å². The lowest BCUT2D eigenvalue weighted by molar-refractivity contribution is -0.122. The SMILES string of the molecule is Cc1ccc(S(=O)(=O)N2CCCCC2)cc1C(=O)OCC(=O)N1c2ccccc2CCC1C. The van der Waals surface area contributed by atoms with Gasteiger partial charge in [0.05, 0.1) is 10.5 Å². The van der Waals surface area contributed by atoms with Crippen molar-refractivity contribution in [3.8, 4) is 0 Å². The lowest BCUT2D eigenvalue weighted by Gasteiger charge is -2.35. The zero-order chi connectivity index (χ0) is 23.6. The number of hydrogen-bond acceptors (Lipinski definition) is 5. The van der Waals surface area contributed by atoms with E-state index in [-0.39, 0.29) is 22.4 Å². The van der Waals surface area contributed by atoms with E-state index in [9.17, 15) is 18.0 Å². The molecule has 1 unspecified atom stereocenters. The monoisotopic (exact) mass is 470 g/mol. The molecule has 0 aliphatic carbocycles. The number of anilines is 1. The molecule has 2 aliphatic rings. The Bertz CT molecular complexity index is 1160. The second kappa shape index (κ2) is 9.65. The zero-order valence-corrected chi connectivity index (χ0v) is 19.9. The van der Waals surface area contributed by atoms with E-state index in [1.807, 2.05) is 31.2 Å². The predicted octanol–water partition coefficient (Wildman–Crippen LogP) is 3.69. The maximum Gasteiger partial charge on any atom is 0.338 e. The van der Waals surface area contributed by atoms with Gasteiger partial charge in [-0.3, -0.25) is 4.79 Å². The Morgan fingerprint density at radius 1 is 1.06 bits per heavy atom. The highest BCUT2D eigenvalue weighted by Gasteiger charge is 2.30. The third-order valence-electron chi connectivity index (χ3n) is 6.50. The number of para-hydroxylation sites is 1.